The predicted octanol–water partition coefficient (Wildman–Crippen LogP) is 4.14. The molecular weight excluding hydrogens is 649 g/mol. The first-order valence-corrected chi connectivity index (χ1v) is 15.9. The molecule has 258 valence electrons. The first-order chi connectivity index (χ1) is 22.3. The van der Waals surface area contributed by atoms with Crippen molar-refractivity contribution in [2.45, 2.75) is 55.4 Å². The van der Waals surface area contributed by atoms with Gasteiger partial charge in [-0.2, -0.15) is 0 Å². The summed E-state index contributed by atoms with van der Waals surface area (Å²) in [6.07, 6.45) is 0.750. The number of halogens is 2. The Morgan fingerprint density at radius 2 is 0.878 bits per heavy atom. The molecule has 0 spiro atoms. The Balaban J connectivity index is 0.000000289. The summed E-state index contributed by atoms with van der Waals surface area (Å²) in [5.74, 6) is 0. The molecule has 0 aliphatic carbocycles. The zero-order valence-electron chi connectivity index (χ0n) is 30.2. The molecule has 0 saturated heterocycles. The molecule has 8 heteroatoms. The monoisotopic (exact) mass is 695 g/mol. The van der Waals surface area contributed by atoms with Crippen LogP contribution in [0.1, 0.15) is 44.8 Å². The van der Waals surface area contributed by atoms with Gasteiger partial charge in [0.1, 0.15) is 0 Å². The minimum Gasteiger partial charge on any atom is -1.00 e. The fourth-order valence-corrected chi connectivity index (χ4v) is 5.10. The third-order valence-corrected chi connectivity index (χ3v) is 7.97. The van der Waals surface area contributed by atoms with E-state index in [1.807, 2.05) is 13.8 Å². The van der Waals surface area contributed by atoms with Crippen molar-refractivity contribution < 1.29 is 29.6 Å². The van der Waals surface area contributed by atoms with Gasteiger partial charge in [0.25, 0.3) is 0 Å². The fraction of sp³-hybridized carbons (Fsp3) is 0.244. The Labute approximate surface area is 304 Å². The van der Waals surface area contributed by atoms with E-state index in [0.717, 1.165) is 51.6 Å². The molecule has 0 aliphatic rings. The highest BCUT2D eigenvalue weighted by atomic mass is 35.5. The highest BCUT2D eigenvalue weighted by molar-refractivity contribution is 5.94. The summed E-state index contributed by atoms with van der Waals surface area (Å²) in [4.78, 5) is 20.1. The van der Waals surface area contributed by atoms with E-state index in [4.69, 9.17) is 0 Å². The maximum atomic E-state index is 9.43. The summed E-state index contributed by atoms with van der Waals surface area (Å²) in [6.45, 7) is 16.8. The number of hydrogen-bond acceptors (Lipinski definition) is 5. The van der Waals surface area contributed by atoms with Gasteiger partial charge in [-0.25, -0.2) is 0 Å². The number of nitrogens with one attached hydrogen (secondary N) is 2. The molecule has 6 nitrogen and oxygen atoms in total. The lowest BCUT2D eigenvalue weighted by molar-refractivity contribution is -0.115. The zero-order chi connectivity index (χ0) is 34.2. The number of fused-ring (bicyclic) bond motifs is 2. The Bertz CT molecular complexity index is 1900. The van der Waals surface area contributed by atoms with Crippen LogP contribution in [0.5, 0.6) is 0 Å². The quantitative estimate of drug-likeness (QED) is 0.266. The van der Waals surface area contributed by atoms with Crippen molar-refractivity contribution in [1.29, 1.82) is 0 Å². The van der Waals surface area contributed by atoms with Gasteiger partial charge < -0.3 is 40.3 Å². The number of benzene rings is 4. The number of nitrogens with zero attached hydrogens (tertiary/aromatic N) is 3. The normalized spacial score (nSPS) is 10.0. The molecule has 2 N–H and O–H groups in total. The summed E-state index contributed by atoms with van der Waals surface area (Å²) in [6, 6.07) is 29.9. The summed E-state index contributed by atoms with van der Waals surface area (Å²) in [5.41, 5.74) is 16.3. The number of aromatic nitrogens is 2. The Morgan fingerprint density at radius 1 is 0.510 bits per heavy atom. The van der Waals surface area contributed by atoms with Crippen LogP contribution in [0.4, 0.5) is 22.7 Å². The van der Waals surface area contributed by atoms with Gasteiger partial charge >= 0.3 is 0 Å². The zero-order valence-corrected chi connectivity index (χ0v) is 31.7. The van der Waals surface area contributed by atoms with Crippen LogP contribution in [0.15, 0.2) is 84.9 Å². The van der Waals surface area contributed by atoms with E-state index in [-0.39, 0.29) is 24.8 Å². The summed E-state index contributed by atoms with van der Waals surface area (Å²) in [7, 11) is 3.38. The van der Waals surface area contributed by atoms with Crippen molar-refractivity contribution in [3.63, 3.8) is 0 Å². The van der Waals surface area contributed by atoms with E-state index < -0.39 is 0 Å². The van der Waals surface area contributed by atoms with E-state index in [1.54, 1.807) is 14.1 Å². The molecule has 0 atom stereocenters. The van der Waals surface area contributed by atoms with Crippen molar-refractivity contribution >= 4 is 51.0 Å². The average Bonchev–Trinajstić information content (AvgIpc) is 3.02. The molecule has 0 saturated carbocycles. The molecule has 2 heterocycles. The van der Waals surface area contributed by atoms with E-state index >= 15 is 0 Å². The smallest absolute Gasteiger partial charge is 0.209 e. The van der Waals surface area contributed by atoms with E-state index in [1.165, 1.54) is 49.1 Å². The fourth-order valence-electron chi connectivity index (χ4n) is 5.10. The van der Waals surface area contributed by atoms with Gasteiger partial charge in [-0.3, -0.25) is 14.8 Å². The lowest BCUT2D eigenvalue weighted by Crippen LogP contribution is -3.00. The molecule has 0 bridgehead atoms. The average molecular weight is 697 g/mol. The van der Waals surface area contributed by atoms with Gasteiger partial charge in [0.05, 0.1) is 11.0 Å². The number of carbonyl (C=O) groups excluding carboxylic acids is 1. The van der Waals surface area contributed by atoms with Crippen molar-refractivity contribution in [1.82, 2.24) is 14.9 Å². The Hall–Kier alpha value is -4.65. The molecule has 0 fully saturated rings. The van der Waals surface area contributed by atoms with Gasteiger partial charge in [0, 0.05) is 59.0 Å². The second-order valence-corrected chi connectivity index (χ2v) is 12.6. The molecule has 0 unspecified atom stereocenters. The summed E-state index contributed by atoms with van der Waals surface area (Å²) < 4.78 is 0. The highest BCUT2D eigenvalue weighted by Crippen LogP contribution is 2.29. The van der Waals surface area contributed by atoms with Crippen LogP contribution >= 0.6 is 0 Å². The Morgan fingerprint density at radius 3 is 1.20 bits per heavy atom. The van der Waals surface area contributed by atoms with E-state index in [0.29, 0.717) is 0 Å². The van der Waals surface area contributed by atoms with E-state index in [9.17, 15) is 4.79 Å². The predicted molar refractivity (Wildman–Crippen MR) is 201 cm³/mol. The molecule has 6 rings (SSSR count). The molecule has 4 aromatic carbocycles. The highest BCUT2D eigenvalue weighted by Gasteiger charge is 2.07. The van der Waals surface area contributed by atoms with Crippen LogP contribution in [0.2, 0.25) is 0 Å². The van der Waals surface area contributed by atoms with Gasteiger partial charge in [0.2, 0.25) is 6.41 Å². The van der Waals surface area contributed by atoms with Gasteiger partial charge in [-0.1, -0.05) is 35.4 Å². The number of rotatable bonds is 5. The van der Waals surface area contributed by atoms with Gasteiger partial charge in [-0.15, -0.1) is 0 Å². The number of hydrogen-bond donors (Lipinski definition) is 2. The third-order valence-electron chi connectivity index (χ3n) is 7.97. The summed E-state index contributed by atoms with van der Waals surface area (Å²) in [5, 5.41) is 9.42. The first-order valence-electron chi connectivity index (χ1n) is 15.9. The van der Waals surface area contributed by atoms with Crippen LogP contribution < -0.4 is 35.4 Å². The lowest BCUT2D eigenvalue weighted by atomic mass is 10.1. The maximum Gasteiger partial charge on any atom is 0.209 e. The van der Waals surface area contributed by atoms with Crippen LogP contribution in [0.3, 0.4) is 0 Å². The van der Waals surface area contributed by atoms with Crippen molar-refractivity contribution in [3.8, 4) is 0 Å². The van der Waals surface area contributed by atoms with Gasteiger partial charge in [-0.05, 0) is 138 Å². The molecular formula is C41H47Cl2N5O-2. The van der Waals surface area contributed by atoms with Crippen molar-refractivity contribution in [2.75, 3.05) is 24.7 Å². The molecule has 1 amide bonds. The standard InChI is InChI=1S/2C19H20N2.C3H7NO.2ClH/c2*1-12-5-8-18-17(9-12)19(11-15(4)20-18)21-16-7-6-13(2)14(3)10-16;1-4(2)3-5;;/h2*5-11H,1-4H3,(H,20,21);3H,1-2H3;2*1H/p-2. The second-order valence-electron chi connectivity index (χ2n) is 12.6. The second kappa shape index (κ2) is 18.2. The van der Waals surface area contributed by atoms with Gasteiger partial charge in [0.15, 0.2) is 0 Å². The largest absolute Gasteiger partial charge is 1.00 e. The topological polar surface area (TPSA) is 70.2 Å². The molecule has 2 aromatic heterocycles. The first kappa shape index (κ1) is 40.5. The summed E-state index contributed by atoms with van der Waals surface area (Å²) >= 11 is 0. The van der Waals surface area contributed by atoms with Crippen LogP contribution in [0, 0.1) is 55.4 Å². The van der Waals surface area contributed by atoms with Crippen LogP contribution in [0.25, 0.3) is 21.8 Å². The SMILES string of the molecule is CN(C)C=O.Cc1ccc2nc(C)cc(Nc3ccc(C)c(C)c3)c2c1.Cc1ccc2nc(C)cc(Nc3ccc(C)c(C)c3)c2c1.[Cl-].[Cl-]. The molecule has 0 aliphatic heterocycles. The van der Waals surface area contributed by atoms with Crippen LogP contribution in [-0.4, -0.2) is 35.4 Å². The third kappa shape index (κ3) is 11.2. The minimum atomic E-state index is 0. The minimum absolute atomic E-state index is 0. The number of pyridine rings is 2. The Kier molecular flexibility index (Phi) is 15.1. The number of anilines is 4. The van der Waals surface area contributed by atoms with E-state index in [2.05, 4.69) is 147 Å². The van der Waals surface area contributed by atoms with Crippen molar-refractivity contribution in [3.05, 3.63) is 130 Å². The van der Waals surface area contributed by atoms with Crippen LogP contribution in [-0.2, 0) is 4.79 Å². The number of aryl methyl sites for hydroxylation is 8. The molecule has 6 aromatic rings. The number of amides is 1. The molecule has 0 radical (unpaired) electrons. The van der Waals surface area contributed by atoms with Crippen molar-refractivity contribution in [2.24, 2.45) is 0 Å². The lowest BCUT2D eigenvalue weighted by Gasteiger charge is -2.12. The molecule has 49 heavy (non-hydrogen) atoms. The maximum absolute atomic E-state index is 9.43. The number of carbonyl (C=O) groups is 1.